The molecular formula is C15H18N4O4. The maximum atomic E-state index is 12.8. The Labute approximate surface area is 132 Å². The topological polar surface area (TPSA) is 112 Å². The van der Waals surface area contributed by atoms with Crippen LogP contribution in [0, 0.1) is 10.1 Å². The molecule has 1 aromatic heterocycles. The van der Waals surface area contributed by atoms with Crippen LogP contribution in [0.3, 0.4) is 0 Å². The number of nitrogens with zero attached hydrogens (tertiary/aromatic N) is 3. The van der Waals surface area contributed by atoms with E-state index in [0.717, 1.165) is 19.3 Å². The SMILES string of the molecule is O=C(c1n[nH]c2ccc([N+](=O)[O-])cc12)N(CCCCO)C1CC1. The zero-order valence-corrected chi connectivity index (χ0v) is 12.6. The van der Waals surface area contributed by atoms with Gasteiger partial charge in [0.1, 0.15) is 0 Å². The number of unbranched alkanes of at least 4 members (excludes halogenated alkanes) is 1. The third-order valence-electron chi connectivity index (χ3n) is 4.02. The molecule has 2 aromatic rings. The first-order chi connectivity index (χ1) is 11.1. The third-order valence-corrected chi connectivity index (χ3v) is 4.02. The molecule has 0 spiro atoms. The van der Waals surface area contributed by atoms with Crippen molar-refractivity contribution in [2.45, 2.75) is 31.7 Å². The largest absolute Gasteiger partial charge is 0.396 e. The van der Waals surface area contributed by atoms with E-state index in [0.29, 0.717) is 23.9 Å². The molecule has 8 heteroatoms. The Bertz CT molecular complexity index is 738. The molecule has 1 saturated carbocycles. The quantitative estimate of drug-likeness (QED) is 0.459. The summed E-state index contributed by atoms with van der Waals surface area (Å²) in [5, 5.41) is 27.1. The van der Waals surface area contributed by atoms with Gasteiger partial charge in [-0.25, -0.2) is 0 Å². The van der Waals surface area contributed by atoms with E-state index in [1.165, 1.54) is 12.1 Å². The molecule has 1 aliphatic carbocycles. The van der Waals surface area contributed by atoms with Crippen molar-refractivity contribution in [1.82, 2.24) is 15.1 Å². The van der Waals surface area contributed by atoms with E-state index in [2.05, 4.69) is 10.2 Å². The lowest BCUT2D eigenvalue weighted by molar-refractivity contribution is -0.384. The molecule has 0 unspecified atom stereocenters. The summed E-state index contributed by atoms with van der Waals surface area (Å²) >= 11 is 0. The lowest BCUT2D eigenvalue weighted by atomic mass is 10.1. The molecular weight excluding hydrogens is 300 g/mol. The number of hydrogen-bond acceptors (Lipinski definition) is 5. The third kappa shape index (κ3) is 3.16. The molecule has 8 nitrogen and oxygen atoms in total. The number of hydrogen-bond donors (Lipinski definition) is 2. The Kier molecular flexibility index (Phi) is 4.24. The van der Waals surface area contributed by atoms with Crippen molar-refractivity contribution in [3.63, 3.8) is 0 Å². The number of nitrogens with one attached hydrogen (secondary N) is 1. The van der Waals surface area contributed by atoms with Crippen LogP contribution in [0.1, 0.15) is 36.2 Å². The lowest BCUT2D eigenvalue weighted by Crippen LogP contribution is -2.34. The summed E-state index contributed by atoms with van der Waals surface area (Å²) in [7, 11) is 0. The monoisotopic (exact) mass is 318 g/mol. The molecule has 1 aromatic carbocycles. The summed E-state index contributed by atoms with van der Waals surface area (Å²) in [6.45, 7) is 0.664. The number of fused-ring (bicyclic) bond motifs is 1. The zero-order valence-electron chi connectivity index (χ0n) is 12.6. The van der Waals surface area contributed by atoms with Crippen molar-refractivity contribution in [3.8, 4) is 0 Å². The van der Waals surface area contributed by atoms with Gasteiger partial charge in [-0.2, -0.15) is 5.10 Å². The highest BCUT2D eigenvalue weighted by molar-refractivity contribution is 6.05. The average Bonchev–Trinajstić information content (AvgIpc) is 3.29. The summed E-state index contributed by atoms with van der Waals surface area (Å²) in [6, 6.07) is 4.54. The number of non-ortho nitro benzene ring substituents is 1. The van der Waals surface area contributed by atoms with Gasteiger partial charge in [0.25, 0.3) is 11.6 Å². The maximum absolute atomic E-state index is 12.8. The summed E-state index contributed by atoms with van der Waals surface area (Å²) in [5.41, 5.74) is 0.760. The highest BCUT2D eigenvalue weighted by atomic mass is 16.6. The Balaban J connectivity index is 1.89. The van der Waals surface area contributed by atoms with Crippen LogP contribution >= 0.6 is 0 Å². The fraction of sp³-hybridized carbons (Fsp3) is 0.467. The molecule has 0 bridgehead atoms. The van der Waals surface area contributed by atoms with Crippen molar-refractivity contribution in [1.29, 1.82) is 0 Å². The van der Waals surface area contributed by atoms with Gasteiger partial charge in [0, 0.05) is 36.7 Å². The van der Waals surface area contributed by atoms with Crippen molar-refractivity contribution < 1.29 is 14.8 Å². The van der Waals surface area contributed by atoms with E-state index in [1.54, 1.807) is 11.0 Å². The minimum atomic E-state index is -0.486. The number of rotatable bonds is 7. The minimum absolute atomic E-state index is 0.0637. The first kappa shape index (κ1) is 15.4. The van der Waals surface area contributed by atoms with E-state index in [4.69, 9.17) is 5.11 Å². The molecule has 122 valence electrons. The number of carbonyl (C=O) groups excluding carboxylic acids is 1. The smallest absolute Gasteiger partial charge is 0.275 e. The number of nitro groups is 1. The molecule has 1 aliphatic rings. The number of H-pyrrole nitrogens is 1. The molecule has 3 rings (SSSR count). The van der Waals surface area contributed by atoms with Gasteiger partial charge in [-0.05, 0) is 31.7 Å². The molecule has 0 saturated heterocycles. The molecule has 23 heavy (non-hydrogen) atoms. The van der Waals surface area contributed by atoms with Crippen LogP contribution in [0.4, 0.5) is 5.69 Å². The summed E-state index contributed by atoms with van der Waals surface area (Å²) in [4.78, 5) is 25.0. The maximum Gasteiger partial charge on any atom is 0.275 e. The molecule has 0 aliphatic heterocycles. The standard InChI is InChI=1S/C15H18N4O4/c20-8-2-1-7-18(10-3-4-10)15(21)14-12-9-11(19(22)23)5-6-13(12)16-17-14/h5-6,9-10,20H,1-4,7-8H2,(H,16,17). The van der Waals surface area contributed by atoms with Gasteiger partial charge >= 0.3 is 0 Å². The summed E-state index contributed by atoms with van der Waals surface area (Å²) in [6.07, 6.45) is 3.30. The number of benzene rings is 1. The highest BCUT2D eigenvalue weighted by Gasteiger charge is 2.34. The Morgan fingerprint density at radius 1 is 1.43 bits per heavy atom. The van der Waals surface area contributed by atoms with Crippen LogP contribution in [0.2, 0.25) is 0 Å². The van der Waals surface area contributed by atoms with Crippen molar-refractivity contribution in [3.05, 3.63) is 34.0 Å². The number of aliphatic hydroxyl groups excluding tert-OH is 1. The molecule has 2 N–H and O–H groups in total. The fourth-order valence-corrected chi connectivity index (χ4v) is 2.64. The van der Waals surface area contributed by atoms with E-state index >= 15 is 0 Å². The fourth-order valence-electron chi connectivity index (χ4n) is 2.64. The first-order valence-electron chi connectivity index (χ1n) is 7.66. The first-order valence-corrected chi connectivity index (χ1v) is 7.66. The van der Waals surface area contributed by atoms with Crippen LogP contribution in [0.25, 0.3) is 10.9 Å². The number of aromatic nitrogens is 2. The van der Waals surface area contributed by atoms with Gasteiger partial charge < -0.3 is 10.0 Å². The van der Waals surface area contributed by atoms with Gasteiger partial charge in [0.05, 0.1) is 10.4 Å². The molecule has 0 radical (unpaired) electrons. The predicted molar refractivity (Wildman–Crippen MR) is 83.1 cm³/mol. The Hall–Kier alpha value is -2.48. The minimum Gasteiger partial charge on any atom is -0.396 e. The van der Waals surface area contributed by atoms with E-state index in [9.17, 15) is 14.9 Å². The van der Waals surface area contributed by atoms with Crippen LogP contribution in [0.5, 0.6) is 0 Å². The molecule has 1 fully saturated rings. The van der Waals surface area contributed by atoms with Crippen molar-refractivity contribution in [2.24, 2.45) is 0 Å². The number of aromatic amines is 1. The zero-order chi connectivity index (χ0) is 16.4. The number of carbonyl (C=O) groups is 1. The normalized spacial score (nSPS) is 14.1. The predicted octanol–water partition coefficient (Wildman–Crippen LogP) is 1.85. The number of amides is 1. The Morgan fingerprint density at radius 3 is 2.87 bits per heavy atom. The highest BCUT2D eigenvalue weighted by Crippen LogP contribution is 2.30. The van der Waals surface area contributed by atoms with Gasteiger partial charge in [0.15, 0.2) is 5.69 Å². The Morgan fingerprint density at radius 2 is 2.22 bits per heavy atom. The summed E-state index contributed by atoms with van der Waals surface area (Å²) in [5.74, 6) is -0.211. The van der Waals surface area contributed by atoms with Crippen LogP contribution in [-0.2, 0) is 0 Å². The summed E-state index contributed by atoms with van der Waals surface area (Å²) < 4.78 is 0. The second-order valence-electron chi connectivity index (χ2n) is 5.72. The van der Waals surface area contributed by atoms with Gasteiger partial charge in [0.2, 0.25) is 0 Å². The second kappa shape index (κ2) is 6.33. The molecule has 1 amide bonds. The second-order valence-corrected chi connectivity index (χ2v) is 5.72. The van der Waals surface area contributed by atoms with Crippen molar-refractivity contribution in [2.75, 3.05) is 13.2 Å². The van der Waals surface area contributed by atoms with Crippen LogP contribution in [-0.4, -0.2) is 50.2 Å². The van der Waals surface area contributed by atoms with Crippen LogP contribution < -0.4 is 0 Å². The van der Waals surface area contributed by atoms with Gasteiger partial charge in [-0.15, -0.1) is 0 Å². The van der Waals surface area contributed by atoms with E-state index in [-0.39, 0.29) is 29.9 Å². The lowest BCUT2D eigenvalue weighted by Gasteiger charge is -2.21. The van der Waals surface area contributed by atoms with Crippen LogP contribution in [0.15, 0.2) is 18.2 Å². The number of nitro benzene ring substituents is 1. The molecule has 0 atom stereocenters. The van der Waals surface area contributed by atoms with Gasteiger partial charge in [-0.1, -0.05) is 0 Å². The number of aliphatic hydroxyl groups is 1. The van der Waals surface area contributed by atoms with Gasteiger partial charge in [-0.3, -0.25) is 20.0 Å². The molecule has 1 heterocycles. The van der Waals surface area contributed by atoms with E-state index in [1.807, 2.05) is 0 Å². The average molecular weight is 318 g/mol. The van der Waals surface area contributed by atoms with E-state index < -0.39 is 4.92 Å². The van der Waals surface area contributed by atoms with Crippen molar-refractivity contribution >= 4 is 22.5 Å².